The minimum Gasteiger partial charge on any atom is -0.338 e. The Morgan fingerprint density at radius 2 is 2.19 bits per heavy atom. The van der Waals surface area contributed by atoms with Crippen LogP contribution in [0.15, 0.2) is 33.7 Å². The quantitative estimate of drug-likeness (QED) is 0.831. The maximum absolute atomic E-state index is 13.3. The molecule has 0 amide bonds. The van der Waals surface area contributed by atoms with Gasteiger partial charge in [-0.2, -0.15) is 0 Å². The molecule has 0 saturated carbocycles. The lowest BCUT2D eigenvalue weighted by Gasteiger charge is -2.07. The lowest BCUT2D eigenvalue weighted by atomic mass is 10.2. The van der Waals surface area contributed by atoms with E-state index >= 15 is 0 Å². The van der Waals surface area contributed by atoms with Gasteiger partial charge in [-0.3, -0.25) is 0 Å². The molecule has 1 aromatic carbocycles. The van der Waals surface area contributed by atoms with Crippen LogP contribution in [-0.4, -0.2) is 20.1 Å². The van der Waals surface area contributed by atoms with E-state index in [1.807, 2.05) is 0 Å². The van der Waals surface area contributed by atoms with E-state index < -0.39 is 15.8 Å². The molecule has 0 bridgehead atoms. The van der Waals surface area contributed by atoms with Crippen LogP contribution in [-0.2, 0) is 10.0 Å². The number of benzene rings is 1. The summed E-state index contributed by atoms with van der Waals surface area (Å²) in [5.41, 5.74) is 5.79. The van der Waals surface area contributed by atoms with Crippen molar-refractivity contribution in [1.82, 2.24) is 5.16 Å². The normalized spacial score (nSPS) is 10.8. The molecule has 0 unspecified atom stereocenters. The van der Waals surface area contributed by atoms with Crippen LogP contribution in [0.1, 0.15) is 11.3 Å². The van der Waals surface area contributed by atoms with Gasteiger partial charge in [0.2, 0.25) is 5.88 Å². The van der Waals surface area contributed by atoms with Crippen molar-refractivity contribution in [2.45, 2.75) is 11.8 Å². The number of sulfonamides is 1. The number of halogens is 1. The van der Waals surface area contributed by atoms with Crippen molar-refractivity contribution in [3.8, 4) is 11.8 Å². The van der Waals surface area contributed by atoms with Gasteiger partial charge in [0.25, 0.3) is 10.0 Å². The Labute approximate surface area is 121 Å². The Kier molecular flexibility index (Phi) is 4.26. The summed E-state index contributed by atoms with van der Waals surface area (Å²) in [5.74, 6) is 4.40. The van der Waals surface area contributed by atoms with Crippen molar-refractivity contribution in [1.29, 1.82) is 0 Å². The largest absolute Gasteiger partial charge is 0.338 e. The predicted octanol–water partition coefficient (Wildman–Crippen LogP) is 1.23. The molecule has 2 aromatic rings. The summed E-state index contributed by atoms with van der Waals surface area (Å²) in [5, 5.41) is 3.57. The minimum atomic E-state index is -3.97. The highest BCUT2D eigenvalue weighted by Gasteiger charge is 2.20. The fourth-order valence-corrected chi connectivity index (χ4v) is 2.70. The Morgan fingerprint density at radius 3 is 2.81 bits per heavy atom. The van der Waals surface area contributed by atoms with Crippen LogP contribution in [0.25, 0.3) is 0 Å². The van der Waals surface area contributed by atoms with E-state index in [9.17, 15) is 12.8 Å². The topological polar surface area (TPSA) is 98.2 Å². The average Bonchev–Trinajstić information content (AvgIpc) is 2.80. The molecule has 8 heteroatoms. The van der Waals surface area contributed by atoms with E-state index in [4.69, 9.17) is 10.3 Å². The monoisotopic (exact) mass is 309 g/mol. The van der Waals surface area contributed by atoms with Gasteiger partial charge in [-0.25, -0.2) is 17.5 Å². The van der Waals surface area contributed by atoms with Gasteiger partial charge >= 0.3 is 0 Å². The number of nitrogens with one attached hydrogen (secondary N) is 1. The summed E-state index contributed by atoms with van der Waals surface area (Å²) in [4.78, 5) is -0.168. The van der Waals surface area contributed by atoms with Gasteiger partial charge in [0.1, 0.15) is 10.7 Å². The first kappa shape index (κ1) is 15.0. The van der Waals surface area contributed by atoms with Crippen molar-refractivity contribution in [2.24, 2.45) is 5.73 Å². The maximum Gasteiger partial charge on any atom is 0.265 e. The third-order valence-corrected chi connectivity index (χ3v) is 3.82. The molecule has 1 aromatic heterocycles. The summed E-state index contributed by atoms with van der Waals surface area (Å²) < 4.78 is 44.8. The van der Waals surface area contributed by atoms with E-state index in [2.05, 4.69) is 21.7 Å². The molecule has 0 atom stereocenters. The second-order valence-electron chi connectivity index (χ2n) is 4.08. The number of hydrogen-bond acceptors (Lipinski definition) is 5. The Hall–Kier alpha value is -2.37. The first-order valence-electron chi connectivity index (χ1n) is 5.87. The van der Waals surface area contributed by atoms with E-state index in [0.29, 0.717) is 5.69 Å². The zero-order valence-corrected chi connectivity index (χ0v) is 11.9. The molecule has 6 nitrogen and oxygen atoms in total. The average molecular weight is 309 g/mol. The molecule has 0 fully saturated rings. The highest BCUT2D eigenvalue weighted by atomic mass is 32.2. The molecule has 1 heterocycles. The summed E-state index contributed by atoms with van der Waals surface area (Å²) in [6, 6.07) is 4.62. The van der Waals surface area contributed by atoms with Crippen molar-refractivity contribution >= 4 is 15.9 Å². The van der Waals surface area contributed by atoms with Crippen molar-refractivity contribution in [3.63, 3.8) is 0 Å². The van der Waals surface area contributed by atoms with Gasteiger partial charge in [-0.15, -0.1) is 0 Å². The van der Waals surface area contributed by atoms with Crippen LogP contribution in [0.3, 0.4) is 0 Å². The molecular formula is C13H12FN3O3S. The first-order chi connectivity index (χ1) is 9.92. The predicted molar refractivity (Wildman–Crippen MR) is 74.4 cm³/mol. The maximum atomic E-state index is 13.3. The molecule has 0 saturated heterocycles. The molecule has 3 N–H and O–H groups in total. The van der Waals surface area contributed by atoms with E-state index in [0.717, 1.165) is 18.2 Å². The van der Waals surface area contributed by atoms with Crippen LogP contribution in [0.5, 0.6) is 0 Å². The number of rotatable bonds is 3. The van der Waals surface area contributed by atoms with Crippen LogP contribution >= 0.6 is 0 Å². The van der Waals surface area contributed by atoms with Crippen molar-refractivity contribution in [2.75, 3.05) is 11.3 Å². The summed E-state index contributed by atoms with van der Waals surface area (Å²) in [7, 11) is -3.97. The van der Waals surface area contributed by atoms with Crippen LogP contribution in [0.2, 0.25) is 0 Å². The number of aromatic nitrogens is 1. The molecule has 2 rings (SSSR count). The number of nitrogens with zero attached hydrogens (tertiary/aromatic N) is 1. The number of nitrogens with two attached hydrogens (primary N) is 1. The Balaban J connectivity index is 2.44. The smallest absolute Gasteiger partial charge is 0.265 e. The zero-order valence-electron chi connectivity index (χ0n) is 11.1. The Bertz CT molecular complexity index is 819. The molecule has 0 aliphatic carbocycles. The van der Waals surface area contributed by atoms with Gasteiger partial charge < -0.3 is 10.3 Å². The van der Waals surface area contributed by atoms with Crippen molar-refractivity contribution in [3.05, 3.63) is 41.3 Å². The van der Waals surface area contributed by atoms with Crippen LogP contribution in [0.4, 0.5) is 10.3 Å². The van der Waals surface area contributed by atoms with Gasteiger partial charge in [-0.05, 0) is 25.1 Å². The van der Waals surface area contributed by atoms with Crippen LogP contribution in [0, 0.1) is 24.6 Å². The van der Waals surface area contributed by atoms with E-state index in [1.165, 1.54) is 6.07 Å². The molecule has 0 aliphatic rings. The fourth-order valence-electron chi connectivity index (χ4n) is 1.58. The molecule has 0 radical (unpaired) electrons. The SMILES string of the molecule is Cc1cc(NS(=O)(=O)c2ccc(F)cc2C#CCN)on1. The molecule has 110 valence electrons. The zero-order chi connectivity index (χ0) is 15.5. The third-order valence-electron chi connectivity index (χ3n) is 2.42. The minimum absolute atomic E-state index is 0.0178. The second kappa shape index (κ2) is 5.95. The standard InChI is InChI=1S/C13H12FN3O3S/c1-9-7-13(20-16-9)17-21(18,19)12-5-4-11(14)8-10(12)3-2-6-15/h4-5,7-8,17H,6,15H2,1H3. The number of anilines is 1. The van der Waals surface area contributed by atoms with Crippen LogP contribution < -0.4 is 10.5 Å². The molecular weight excluding hydrogens is 297 g/mol. The lowest BCUT2D eigenvalue weighted by Crippen LogP contribution is -2.14. The Morgan fingerprint density at radius 1 is 1.43 bits per heavy atom. The fraction of sp³-hybridized carbons (Fsp3) is 0.154. The summed E-state index contributed by atoms with van der Waals surface area (Å²) in [6.07, 6.45) is 0. The van der Waals surface area contributed by atoms with Crippen molar-refractivity contribution < 1.29 is 17.3 Å². The first-order valence-corrected chi connectivity index (χ1v) is 7.35. The molecule has 0 spiro atoms. The molecule has 0 aliphatic heterocycles. The highest BCUT2D eigenvalue weighted by molar-refractivity contribution is 7.92. The molecule has 21 heavy (non-hydrogen) atoms. The summed E-state index contributed by atoms with van der Waals surface area (Å²) in [6.45, 7) is 1.68. The van der Waals surface area contributed by atoms with Gasteiger partial charge in [0.05, 0.1) is 12.2 Å². The summed E-state index contributed by atoms with van der Waals surface area (Å²) >= 11 is 0. The van der Waals surface area contributed by atoms with Gasteiger partial charge in [-0.1, -0.05) is 17.0 Å². The number of aryl methyl sites for hydroxylation is 1. The second-order valence-corrected chi connectivity index (χ2v) is 5.74. The van der Waals surface area contributed by atoms with Gasteiger partial charge in [0.15, 0.2) is 0 Å². The van der Waals surface area contributed by atoms with E-state index in [-0.39, 0.29) is 22.9 Å². The lowest BCUT2D eigenvalue weighted by molar-refractivity contribution is 0.430. The van der Waals surface area contributed by atoms with Gasteiger partial charge in [0, 0.05) is 11.6 Å². The third kappa shape index (κ3) is 3.59. The van der Waals surface area contributed by atoms with E-state index in [1.54, 1.807) is 6.92 Å². The highest BCUT2D eigenvalue weighted by Crippen LogP contribution is 2.20. The number of hydrogen-bond donors (Lipinski definition) is 2.